The van der Waals surface area contributed by atoms with Crippen molar-refractivity contribution in [3.05, 3.63) is 0 Å². The van der Waals surface area contributed by atoms with E-state index in [0.717, 1.165) is 7.05 Å². The van der Waals surface area contributed by atoms with Crippen molar-refractivity contribution in [1.29, 1.82) is 0 Å². The number of carboxylic acid groups (broad SMARTS) is 2. The van der Waals surface area contributed by atoms with Crippen LogP contribution in [0.4, 0.5) is 14.4 Å². The quantitative estimate of drug-likeness (QED) is 0.334. The molecular formula is C20H33N3O10S. The Labute approximate surface area is 201 Å². The van der Waals surface area contributed by atoms with Crippen molar-refractivity contribution in [2.24, 2.45) is 0 Å². The largest absolute Gasteiger partial charge is 0.480 e. The molecule has 0 saturated heterocycles. The standard InChI is InChI=1S/C20H33N3O10S/c1-19(2,3)32-16(28)22-11(15(26)27)8-9-13(24)21-12(14(25)23(7)17(29)30)10-34-18(31)33-20(4,5)6/h11-12H,8-10H2,1-7H3,(H,21,24)(H,22,28)(H,26,27)(H,29,30)/t11?,12-/m1/s1. The van der Waals surface area contributed by atoms with Crippen LogP contribution in [0.15, 0.2) is 0 Å². The van der Waals surface area contributed by atoms with Crippen LogP contribution in [0.5, 0.6) is 0 Å². The van der Waals surface area contributed by atoms with E-state index in [9.17, 15) is 33.9 Å². The maximum atomic E-state index is 12.4. The number of aliphatic carboxylic acids is 1. The number of imide groups is 1. The molecular weight excluding hydrogens is 474 g/mol. The Balaban J connectivity index is 5.17. The van der Waals surface area contributed by atoms with Gasteiger partial charge in [-0.25, -0.2) is 24.1 Å². The van der Waals surface area contributed by atoms with Gasteiger partial charge >= 0.3 is 23.5 Å². The Kier molecular flexibility index (Phi) is 11.9. The van der Waals surface area contributed by atoms with E-state index in [1.165, 1.54) is 0 Å². The second-order valence-corrected chi connectivity index (χ2v) is 10.1. The van der Waals surface area contributed by atoms with Gasteiger partial charge in [-0.05, 0) is 59.7 Å². The van der Waals surface area contributed by atoms with Gasteiger partial charge < -0.3 is 30.3 Å². The lowest BCUT2D eigenvalue weighted by atomic mass is 10.1. The van der Waals surface area contributed by atoms with Gasteiger partial charge in [0.05, 0.1) is 0 Å². The van der Waals surface area contributed by atoms with Crippen molar-refractivity contribution < 1.29 is 48.5 Å². The second kappa shape index (κ2) is 13.0. The molecule has 4 N–H and O–H groups in total. The van der Waals surface area contributed by atoms with Gasteiger partial charge in [0.2, 0.25) is 5.91 Å². The van der Waals surface area contributed by atoms with Crippen LogP contribution in [0.2, 0.25) is 0 Å². The van der Waals surface area contributed by atoms with Gasteiger partial charge in [0, 0.05) is 19.2 Å². The number of hydrogen-bond acceptors (Lipinski definition) is 9. The Morgan fingerprint density at radius 3 is 1.85 bits per heavy atom. The first-order valence-electron chi connectivity index (χ1n) is 10.2. The molecule has 0 saturated carbocycles. The average Bonchev–Trinajstić information content (AvgIpc) is 2.63. The number of amides is 4. The van der Waals surface area contributed by atoms with Gasteiger partial charge in [0.1, 0.15) is 23.3 Å². The molecule has 0 spiro atoms. The van der Waals surface area contributed by atoms with Crippen LogP contribution in [0.25, 0.3) is 0 Å². The fourth-order valence-corrected chi connectivity index (χ4v) is 3.02. The summed E-state index contributed by atoms with van der Waals surface area (Å²) in [7, 11) is 0.979. The third kappa shape index (κ3) is 13.5. The van der Waals surface area contributed by atoms with Gasteiger partial charge in [0.15, 0.2) is 0 Å². The molecule has 2 atom stereocenters. The van der Waals surface area contributed by atoms with E-state index in [2.05, 4.69) is 10.6 Å². The average molecular weight is 508 g/mol. The molecule has 0 aromatic rings. The molecule has 13 nitrogen and oxygen atoms in total. The molecule has 0 radical (unpaired) electrons. The van der Waals surface area contributed by atoms with Gasteiger partial charge in [-0.1, -0.05) is 0 Å². The van der Waals surface area contributed by atoms with Crippen LogP contribution in [0.3, 0.4) is 0 Å². The first-order valence-corrected chi connectivity index (χ1v) is 11.2. The zero-order valence-corrected chi connectivity index (χ0v) is 21.1. The molecule has 14 heteroatoms. The van der Waals surface area contributed by atoms with Crippen LogP contribution in [-0.4, -0.2) is 86.5 Å². The Morgan fingerprint density at radius 1 is 0.882 bits per heavy atom. The highest BCUT2D eigenvalue weighted by molar-refractivity contribution is 8.13. The first-order chi connectivity index (χ1) is 15.3. The van der Waals surface area contributed by atoms with Crippen molar-refractivity contribution >= 4 is 47.0 Å². The van der Waals surface area contributed by atoms with Crippen LogP contribution >= 0.6 is 11.8 Å². The van der Waals surface area contributed by atoms with Crippen molar-refractivity contribution in [3.63, 3.8) is 0 Å². The highest BCUT2D eigenvalue weighted by atomic mass is 32.2. The molecule has 0 aliphatic rings. The van der Waals surface area contributed by atoms with Crippen LogP contribution < -0.4 is 10.6 Å². The summed E-state index contributed by atoms with van der Waals surface area (Å²) in [5.74, 6) is -3.52. The maximum absolute atomic E-state index is 12.4. The third-order valence-corrected chi connectivity index (χ3v) is 4.48. The molecule has 1 unspecified atom stereocenters. The molecule has 0 aliphatic carbocycles. The number of thioether (sulfide) groups is 1. The van der Waals surface area contributed by atoms with Gasteiger partial charge in [-0.2, -0.15) is 0 Å². The minimum absolute atomic E-state index is 0.324. The molecule has 0 bridgehead atoms. The van der Waals surface area contributed by atoms with E-state index < -0.39 is 65.0 Å². The summed E-state index contributed by atoms with van der Waals surface area (Å²) in [5, 5.41) is 22.0. The van der Waals surface area contributed by atoms with E-state index >= 15 is 0 Å². The molecule has 0 aromatic carbocycles. The summed E-state index contributed by atoms with van der Waals surface area (Å²) in [6, 6.07) is -2.86. The first kappa shape index (κ1) is 31.0. The predicted molar refractivity (Wildman–Crippen MR) is 121 cm³/mol. The number of hydrogen-bond donors (Lipinski definition) is 4. The number of alkyl carbamates (subject to hydrolysis) is 1. The number of carbonyl (C=O) groups is 6. The smallest absolute Gasteiger partial charge is 0.413 e. The Hall–Kier alpha value is -3.03. The molecule has 4 amide bonds. The zero-order chi connectivity index (χ0) is 26.9. The fourth-order valence-electron chi connectivity index (χ4n) is 2.18. The zero-order valence-electron chi connectivity index (χ0n) is 20.3. The lowest BCUT2D eigenvalue weighted by Gasteiger charge is -2.23. The van der Waals surface area contributed by atoms with E-state index in [1.54, 1.807) is 41.5 Å². The van der Waals surface area contributed by atoms with Crippen molar-refractivity contribution in [2.75, 3.05) is 12.8 Å². The predicted octanol–water partition coefficient (Wildman–Crippen LogP) is 2.03. The number of carbonyl (C=O) groups excluding carboxylic acids is 4. The van der Waals surface area contributed by atoms with Crippen LogP contribution in [-0.2, 0) is 23.9 Å². The number of rotatable bonds is 9. The van der Waals surface area contributed by atoms with E-state index in [-0.39, 0.29) is 12.2 Å². The minimum Gasteiger partial charge on any atom is -0.480 e. The number of carboxylic acids is 1. The topological polar surface area (TPSA) is 189 Å². The van der Waals surface area contributed by atoms with E-state index in [4.69, 9.17) is 14.6 Å². The van der Waals surface area contributed by atoms with Gasteiger partial charge in [0.25, 0.3) is 5.91 Å². The molecule has 0 aromatic heterocycles. The molecule has 0 fully saturated rings. The number of nitrogens with zero attached hydrogens (tertiary/aromatic N) is 1. The summed E-state index contributed by atoms with van der Waals surface area (Å²) in [6.45, 7) is 9.69. The van der Waals surface area contributed by atoms with E-state index in [0.29, 0.717) is 16.7 Å². The Bertz CT molecular complexity index is 788. The maximum Gasteiger partial charge on any atom is 0.413 e. The fraction of sp³-hybridized carbons (Fsp3) is 0.700. The SMILES string of the molecule is CN(C(=O)O)C(=O)[C@@H](CSC(=O)OC(C)(C)C)NC(=O)CCC(NC(=O)OC(C)(C)C)C(=O)O. The highest BCUT2D eigenvalue weighted by Gasteiger charge is 2.30. The van der Waals surface area contributed by atoms with Crippen molar-refractivity contribution in [3.8, 4) is 0 Å². The van der Waals surface area contributed by atoms with E-state index in [1.807, 2.05) is 0 Å². The normalized spacial score (nSPS) is 13.1. The minimum atomic E-state index is -1.57. The van der Waals surface area contributed by atoms with Crippen LogP contribution in [0.1, 0.15) is 54.4 Å². The second-order valence-electron chi connectivity index (χ2n) is 9.15. The lowest BCUT2D eigenvalue weighted by molar-refractivity contribution is -0.140. The molecule has 34 heavy (non-hydrogen) atoms. The Morgan fingerprint density at radius 2 is 1.41 bits per heavy atom. The number of ether oxygens (including phenoxy) is 2. The number of likely N-dealkylation sites (N-methyl/N-ethyl adjacent to an activating group) is 1. The monoisotopic (exact) mass is 507 g/mol. The summed E-state index contributed by atoms with van der Waals surface area (Å²) >= 11 is 0.570. The van der Waals surface area contributed by atoms with Gasteiger partial charge in [-0.3, -0.25) is 9.59 Å². The van der Waals surface area contributed by atoms with Crippen LogP contribution in [0, 0.1) is 0 Å². The van der Waals surface area contributed by atoms with Crippen molar-refractivity contribution in [1.82, 2.24) is 15.5 Å². The number of nitrogens with one attached hydrogen (secondary N) is 2. The summed E-state index contributed by atoms with van der Waals surface area (Å²) in [4.78, 5) is 71.5. The van der Waals surface area contributed by atoms with Crippen molar-refractivity contribution in [2.45, 2.75) is 77.7 Å². The molecule has 0 aliphatic heterocycles. The molecule has 0 rings (SSSR count). The highest BCUT2D eigenvalue weighted by Crippen LogP contribution is 2.16. The lowest BCUT2D eigenvalue weighted by Crippen LogP contribution is -2.50. The molecule has 194 valence electrons. The van der Waals surface area contributed by atoms with Gasteiger partial charge in [-0.15, -0.1) is 0 Å². The summed E-state index contributed by atoms with van der Waals surface area (Å²) in [6.07, 6.45) is -3.32. The third-order valence-electron chi connectivity index (χ3n) is 3.66. The molecule has 0 heterocycles. The summed E-state index contributed by atoms with van der Waals surface area (Å²) < 4.78 is 10.1. The summed E-state index contributed by atoms with van der Waals surface area (Å²) in [5.41, 5.74) is -1.66.